The van der Waals surface area contributed by atoms with E-state index in [0.717, 1.165) is 59.4 Å². The zero-order valence-electron chi connectivity index (χ0n) is 24.8. The normalized spacial score (nSPS) is 17.6. The highest BCUT2D eigenvalue weighted by atomic mass is 32.1. The molecule has 2 saturated heterocycles. The van der Waals surface area contributed by atoms with Gasteiger partial charge in [0, 0.05) is 61.1 Å². The molecule has 0 saturated carbocycles. The molecule has 0 amide bonds. The van der Waals surface area contributed by atoms with Crippen molar-refractivity contribution < 1.29 is 4.74 Å². The quantitative estimate of drug-likeness (QED) is 0.256. The fourth-order valence-electron chi connectivity index (χ4n) is 6.01. The number of piperidine rings is 1. The number of morpholine rings is 1. The maximum absolute atomic E-state index is 14.2. The number of aryl methyl sites for hydroxylation is 1. The molecule has 11 heteroatoms. The molecule has 1 aromatic carbocycles. The lowest BCUT2D eigenvalue weighted by molar-refractivity contribution is 0.0364. The first-order valence-electron chi connectivity index (χ1n) is 15.3. The average molecular weight is 609 g/mol. The molecule has 5 aromatic rings. The molecule has 0 bridgehead atoms. The number of benzene rings is 1. The molecule has 0 spiro atoms. The largest absolute Gasteiger partial charge is 0.379 e. The lowest BCUT2D eigenvalue weighted by Gasteiger charge is -2.27. The van der Waals surface area contributed by atoms with Crippen LogP contribution in [-0.4, -0.2) is 75.3 Å². The number of nitrogens with one attached hydrogen (secondary N) is 2. The maximum Gasteiger partial charge on any atom is 0.261 e. The monoisotopic (exact) mass is 608 g/mol. The van der Waals surface area contributed by atoms with Gasteiger partial charge in [-0.05, 0) is 68.1 Å². The number of hydrogen-bond acceptors (Lipinski definition) is 10. The molecule has 2 aliphatic heterocycles. The first-order chi connectivity index (χ1) is 21.6. The number of anilines is 2. The molecule has 0 radical (unpaired) electrons. The van der Waals surface area contributed by atoms with Gasteiger partial charge in [-0.2, -0.15) is 4.98 Å². The Balaban J connectivity index is 1.23. The summed E-state index contributed by atoms with van der Waals surface area (Å²) in [5, 5.41) is 8.43. The summed E-state index contributed by atoms with van der Waals surface area (Å²) in [5.74, 6) is 1.00. The number of fused-ring (bicyclic) bond motifs is 1. The van der Waals surface area contributed by atoms with E-state index in [4.69, 9.17) is 14.7 Å². The Hall–Kier alpha value is -4.03. The Morgan fingerprint density at radius 3 is 2.70 bits per heavy atom. The molecule has 6 heterocycles. The fourth-order valence-corrected chi connectivity index (χ4v) is 6.92. The van der Waals surface area contributed by atoms with Crippen LogP contribution in [0.15, 0.2) is 65.7 Å². The summed E-state index contributed by atoms with van der Waals surface area (Å²) < 4.78 is 7.32. The van der Waals surface area contributed by atoms with E-state index in [9.17, 15) is 4.79 Å². The summed E-state index contributed by atoms with van der Waals surface area (Å²) in [6.45, 7) is 8.45. The van der Waals surface area contributed by atoms with Gasteiger partial charge in [-0.25, -0.2) is 9.97 Å². The second kappa shape index (κ2) is 12.9. The van der Waals surface area contributed by atoms with Crippen LogP contribution in [0.1, 0.15) is 29.2 Å². The molecule has 2 fully saturated rings. The van der Waals surface area contributed by atoms with Gasteiger partial charge in [0.1, 0.15) is 10.7 Å². The molecule has 10 nitrogen and oxygen atoms in total. The minimum Gasteiger partial charge on any atom is -0.379 e. The Labute approximate surface area is 260 Å². The van der Waals surface area contributed by atoms with E-state index in [1.807, 2.05) is 31.2 Å². The van der Waals surface area contributed by atoms with E-state index < -0.39 is 0 Å². The molecule has 1 atom stereocenters. The van der Waals surface area contributed by atoms with Gasteiger partial charge in [-0.3, -0.25) is 19.2 Å². The average Bonchev–Trinajstić information content (AvgIpc) is 3.47. The Morgan fingerprint density at radius 1 is 1.07 bits per heavy atom. The number of nitrogens with zero attached hydrogens (tertiary/aromatic N) is 6. The van der Waals surface area contributed by atoms with Crippen molar-refractivity contribution >= 4 is 34.0 Å². The number of ether oxygens (including phenoxy) is 1. The van der Waals surface area contributed by atoms with E-state index in [0.29, 0.717) is 48.5 Å². The number of rotatable bonds is 8. The SMILES string of the molecule is Cc1sc(-c2ccccn2)nc1-c1cc2cnc(Nc3ccc(C4CCCNC4)cc3)nc2n(CCN2CCOCC2)c1=O. The van der Waals surface area contributed by atoms with E-state index in [2.05, 4.69) is 49.8 Å². The first kappa shape index (κ1) is 28.7. The smallest absolute Gasteiger partial charge is 0.261 e. The number of aromatic nitrogens is 5. The molecule has 44 heavy (non-hydrogen) atoms. The standard InChI is InChI=1S/C33H36N8O2S/c1-22-29(38-31(44-22)28-6-2-3-12-35-28)27-19-25-21-36-33(37-26-9-7-23(8-10-26)24-5-4-11-34-20-24)39-30(25)41(32(27)42)14-13-40-15-17-43-18-16-40/h2-3,6-10,12,19,21,24,34H,4-5,11,13-18,20H2,1H3,(H,36,37,39). The summed E-state index contributed by atoms with van der Waals surface area (Å²) in [4.78, 5) is 36.3. The molecular weight excluding hydrogens is 572 g/mol. The van der Waals surface area contributed by atoms with Gasteiger partial charge in [-0.15, -0.1) is 11.3 Å². The van der Waals surface area contributed by atoms with Crippen molar-refractivity contribution in [3.63, 3.8) is 0 Å². The van der Waals surface area contributed by atoms with Crippen LogP contribution in [0.3, 0.4) is 0 Å². The summed E-state index contributed by atoms with van der Waals surface area (Å²) >= 11 is 1.54. The zero-order valence-corrected chi connectivity index (χ0v) is 25.6. The lowest BCUT2D eigenvalue weighted by atomic mass is 9.92. The van der Waals surface area contributed by atoms with Crippen LogP contribution in [0.5, 0.6) is 0 Å². The predicted octanol–water partition coefficient (Wildman–Crippen LogP) is 4.83. The fraction of sp³-hybridized carbons (Fsp3) is 0.364. The topological polar surface area (TPSA) is 110 Å². The van der Waals surface area contributed by atoms with Crippen LogP contribution in [-0.2, 0) is 11.3 Å². The minimum atomic E-state index is -0.109. The predicted molar refractivity (Wildman–Crippen MR) is 175 cm³/mol. The third kappa shape index (κ3) is 6.14. The molecule has 0 aliphatic carbocycles. The van der Waals surface area contributed by atoms with E-state index >= 15 is 0 Å². The van der Waals surface area contributed by atoms with Gasteiger partial charge in [-0.1, -0.05) is 18.2 Å². The third-order valence-corrected chi connectivity index (χ3v) is 9.43. The van der Waals surface area contributed by atoms with E-state index in [1.165, 1.54) is 18.4 Å². The van der Waals surface area contributed by atoms with Crippen LogP contribution >= 0.6 is 11.3 Å². The Kier molecular flexibility index (Phi) is 8.43. The van der Waals surface area contributed by atoms with Gasteiger partial charge in [0.05, 0.1) is 30.2 Å². The lowest BCUT2D eigenvalue weighted by Crippen LogP contribution is -2.39. The van der Waals surface area contributed by atoms with Gasteiger partial charge in [0.15, 0.2) is 0 Å². The highest BCUT2D eigenvalue weighted by Crippen LogP contribution is 2.32. The van der Waals surface area contributed by atoms with Crippen LogP contribution in [0.4, 0.5) is 11.6 Å². The first-order valence-corrected chi connectivity index (χ1v) is 16.1. The van der Waals surface area contributed by atoms with Crippen LogP contribution in [0, 0.1) is 6.92 Å². The van der Waals surface area contributed by atoms with Gasteiger partial charge < -0.3 is 15.4 Å². The van der Waals surface area contributed by atoms with Gasteiger partial charge in [0.25, 0.3) is 5.56 Å². The molecular formula is C33H36N8O2S. The zero-order chi connectivity index (χ0) is 29.9. The van der Waals surface area contributed by atoms with Crippen molar-refractivity contribution in [2.75, 3.05) is 51.3 Å². The van der Waals surface area contributed by atoms with Crippen molar-refractivity contribution in [3.05, 3.63) is 81.7 Å². The second-order valence-corrected chi connectivity index (χ2v) is 12.6. The maximum atomic E-state index is 14.2. The summed E-state index contributed by atoms with van der Waals surface area (Å²) in [6, 6.07) is 16.2. The second-order valence-electron chi connectivity index (χ2n) is 11.4. The van der Waals surface area contributed by atoms with Crippen LogP contribution in [0.2, 0.25) is 0 Å². The van der Waals surface area contributed by atoms with E-state index in [-0.39, 0.29) is 5.56 Å². The van der Waals surface area contributed by atoms with Crippen molar-refractivity contribution in [3.8, 4) is 22.0 Å². The molecule has 4 aromatic heterocycles. The van der Waals surface area contributed by atoms with Gasteiger partial charge in [0.2, 0.25) is 5.95 Å². The van der Waals surface area contributed by atoms with Crippen molar-refractivity contribution in [2.45, 2.75) is 32.2 Å². The molecule has 2 N–H and O–H groups in total. The number of thiazole rings is 1. The molecule has 7 rings (SSSR count). The number of hydrogen-bond donors (Lipinski definition) is 2. The Bertz CT molecular complexity index is 1790. The van der Waals surface area contributed by atoms with Crippen molar-refractivity contribution in [2.24, 2.45) is 0 Å². The highest BCUT2D eigenvalue weighted by Gasteiger charge is 2.20. The minimum absolute atomic E-state index is 0.109. The molecule has 1 unspecified atom stereocenters. The summed E-state index contributed by atoms with van der Waals surface area (Å²) in [5.41, 5.74) is 4.77. The van der Waals surface area contributed by atoms with Crippen molar-refractivity contribution in [1.82, 2.24) is 34.7 Å². The van der Waals surface area contributed by atoms with Crippen LogP contribution < -0.4 is 16.2 Å². The summed E-state index contributed by atoms with van der Waals surface area (Å²) in [6.07, 6.45) is 5.97. The Morgan fingerprint density at radius 2 is 1.93 bits per heavy atom. The molecule has 2 aliphatic rings. The van der Waals surface area contributed by atoms with E-state index in [1.54, 1.807) is 28.3 Å². The molecule has 226 valence electrons. The number of pyridine rings is 2. The van der Waals surface area contributed by atoms with Crippen molar-refractivity contribution in [1.29, 1.82) is 0 Å². The summed E-state index contributed by atoms with van der Waals surface area (Å²) in [7, 11) is 0. The van der Waals surface area contributed by atoms with Gasteiger partial charge >= 0.3 is 0 Å². The van der Waals surface area contributed by atoms with Crippen LogP contribution in [0.25, 0.3) is 33.0 Å². The third-order valence-electron chi connectivity index (χ3n) is 8.44. The highest BCUT2D eigenvalue weighted by molar-refractivity contribution is 7.15.